The van der Waals surface area contributed by atoms with Crippen molar-refractivity contribution in [3.8, 4) is 0 Å². The van der Waals surface area contributed by atoms with Crippen LogP contribution in [0.25, 0.3) is 0 Å². The van der Waals surface area contributed by atoms with Crippen LogP contribution in [-0.2, 0) is 0 Å². The van der Waals surface area contributed by atoms with Gasteiger partial charge in [-0.15, -0.1) is 0 Å². The average molecular weight is 216 g/mol. The molecule has 0 aromatic carbocycles. The van der Waals surface area contributed by atoms with Crippen molar-refractivity contribution in [1.29, 1.82) is 0 Å². The molecule has 0 bridgehead atoms. The van der Waals surface area contributed by atoms with E-state index in [0.29, 0.717) is 0 Å². The second-order valence-corrected chi connectivity index (χ2v) is 4.84. The fraction of sp³-hybridized carbons (Fsp3) is 1.00. The highest BCUT2D eigenvalue weighted by Gasteiger charge is 2.15. The van der Waals surface area contributed by atoms with Crippen molar-refractivity contribution in [3.63, 3.8) is 0 Å². The van der Waals surface area contributed by atoms with Gasteiger partial charge < -0.3 is 15.3 Å². The minimum absolute atomic E-state index is 0.206. The van der Waals surface area contributed by atoms with E-state index in [1.807, 2.05) is 0 Å². The molecule has 0 rings (SSSR count). The Bertz CT molecular complexity index is 145. The molecule has 0 aliphatic rings. The van der Waals surface area contributed by atoms with E-state index in [4.69, 9.17) is 5.11 Å². The van der Waals surface area contributed by atoms with Crippen molar-refractivity contribution < 1.29 is 5.11 Å². The number of nitrogens with zero attached hydrogens (tertiary/aromatic N) is 1. The SMILES string of the molecule is CCN(CC)CCNCC(C)(C)CCO. The Morgan fingerprint density at radius 2 is 1.80 bits per heavy atom. The second-order valence-electron chi connectivity index (χ2n) is 4.84. The maximum Gasteiger partial charge on any atom is 0.0436 e. The van der Waals surface area contributed by atoms with Gasteiger partial charge in [-0.25, -0.2) is 0 Å². The summed E-state index contributed by atoms with van der Waals surface area (Å²) in [4.78, 5) is 2.41. The molecule has 0 spiro atoms. The lowest BCUT2D eigenvalue weighted by molar-refractivity contribution is 0.204. The standard InChI is InChI=1S/C12H28N2O/c1-5-14(6-2)9-8-13-11-12(3,4)7-10-15/h13,15H,5-11H2,1-4H3. The molecule has 0 radical (unpaired) electrons. The van der Waals surface area contributed by atoms with Gasteiger partial charge in [-0.2, -0.15) is 0 Å². The fourth-order valence-corrected chi connectivity index (χ4v) is 1.59. The lowest BCUT2D eigenvalue weighted by atomic mass is 9.90. The summed E-state index contributed by atoms with van der Waals surface area (Å²) in [7, 11) is 0. The van der Waals surface area contributed by atoms with Gasteiger partial charge in [0.05, 0.1) is 0 Å². The quantitative estimate of drug-likeness (QED) is 0.571. The van der Waals surface area contributed by atoms with Gasteiger partial charge in [0.2, 0.25) is 0 Å². The lowest BCUT2D eigenvalue weighted by Gasteiger charge is -2.25. The van der Waals surface area contributed by atoms with E-state index in [-0.39, 0.29) is 12.0 Å². The van der Waals surface area contributed by atoms with E-state index in [9.17, 15) is 0 Å². The van der Waals surface area contributed by atoms with Crippen LogP contribution < -0.4 is 5.32 Å². The summed E-state index contributed by atoms with van der Waals surface area (Å²) < 4.78 is 0. The largest absolute Gasteiger partial charge is 0.396 e. The molecule has 15 heavy (non-hydrogen) atoms. The Morgan fingerprint density at radius 3 is 2.27 bits per heavy atom. The molecular formula is C12H28N2O. The summed E-state index contributed by atoms with van der Waals surface area (Å²) >= 11 is 0. The zero-order valence-electron chi connectivity index (χ0n) is 10.8. The zero-order valence-corrected chi connectivity index (χ0v) is 10.8. The van der Waals surface area contributed by atoms with Crippen LogP contribution in [0, 0.1) is 5.41 Å². The minimum Gasteiger partial charge on any atom is -0.396 e. The molecule has 0 saturated carbocycles. The topological polar surface area (TPSA) is 35.5 Å². The number of nitrogens with one attached hydrogen (secondary N) is 1. The van der Waals surface area contributed by atoms with Crippen molar-refractivity contribution >= 4 is 0 Å². The van der Waals surface area contributed by atoms with Gasteiger partial charge in [0.25, 0.3) is 0 Å². The van der Waals surface area contributed by atoms with Crippen LogP contribution in [0.5, 0.6) is 0 Å². The van der Waals surface area contributed by atoms with E-state index in [2.05, 4.69) is 37.9 Å². The van der Waals surface area contributed by atoms with Crippen LogP contribution in [0.3, 0.4) is 0 Å². The first-order valence-corrected chi connectivity index (χ1v) is 6.09. The molecule has 0 atom stereocenters. The van der Waals surface area contributed by atoms with Crippen LogP contribution in [-0.4, -0.2) is 49.3 Å². The lowest BCUT2D eigenvalue weighted by Crippen LogP contribution is -2.36. The number of rotatable bonds is 9. The molecule has 0 aliphatic heterocycles. The van der Waals surface area contributed by atoms with Gasteiger partial charge in [0.15, 0.2) is 0 Å². The van der Waals surface area contributed by atoms with E-state index in [1.165, 1.54) is 0 Å². The van der Waals surface area contributed by atoms with Crippen LogP contribution in [0.4, 0.5) is 0 Å². The Labute approximate surface area is 94.9 Å². The third-order valence-corrected chi connectivity index (χ3v) is 2.89. The predicted molar refractivity (Wildman–Crippen MR) is 66.1 cm³/mol. The van der Waals surface area contributed by atoms with Crippen LogP contribution in [0.1, 0.15) is 34.1 Å². The molecule has 0 aliphatic carbocycles. The summed E-state index contributed by atoms with van der Waals surface area (Å²) in [6.07, 6.45) is 0.866. The second kappa shape index (κ2) is 8.08. The highest BCUT2D eigenvalue weighted by molar-refractivity contribution is 4.71. The number of likely N-dealkylation sites (N-methyl/N-ethyl adjacent to an activating group) is 1. The number of aliphatic hydroxyl groups excluding tert-OH is 1. The summed E-state index contributed by atoms with van der Waals surface area (Å²) in [6.45, 7) is 14.4. The van der Waals surface area contributed by atoms with Crippen molar-refractivity contribution in [3.05, 3.63) is 0 Å². The third-order valence-electron chi connectivity index (χ3n) is 2.89. The molecule has 0 saturated heterocycles. The summed E-state index contributed by atoms with van der Waals surface area (Å²) in [6, 6.07) is 0. The number of aliphatic hydroxyl groups is 1. The first-order valence-electron chi connectivity index (χ1n) is 6.09. The van der Waals surface area contributed by atoms with E-state index >= 15 is 0 Å². The Balaban J connectivity index is 3.52. The summed E-state index contributed by atoms with van der Waals surface area (Å²) in [5, 5.41) is 12.3. The third kappa shape index (κ3) is 7.77. The van der Waals surface area contributed by atoms with Crippen molar-refractivity contribution in [1.82, 2.24) is 10.2 Å². The van der Waals surface area contributed by atoms with Gasteiger partial charge in [-0.05, 0) is 24.9 Å². The molecule has 0 aromatic heterocycles. The minimum atomic E-state index is 0.206. The maximum absolute atomic E-state index is 8.89. The molecule has 0 heterocycles. The van der Waals surface area contributed by atoms with Crippen LogP contribution >= 0.6 is 0 Å². The molecule has 2 N–H and O–H groups in total. The highest BCUT2D eigenvalue weighted by atomic mass is 16.3. The summed E-state index contributed by atoms with van der Waals surface area (Å²) in [5.41, 5.74) is 0.206. The smallest absolute Gasteiger partial charge is 0.0436 e. The fourth-order valence-electron chi connectivity index (χ4n) is 1.59. The van der Waals surface area contributed by atoms with E-state index < -0.39 is 0 Å². The molecule has 0 amide bonds. The molecule has 3 heteroatoms. The van der Waals surface area contributed by atoms with E-state index in [0.717, 1.165) is 39.1 Å². The van der Waals surface area contributed by atoms with Gasteiger partial charge in [-0.1, -0.05) is 27.7 Å². The monoisotopic (exact) mass is 216 g/mol. The molecule has 0 aromatic rings. The van der Waals surface area contributed by atoms with Crippen molar-refractivity contribution in [2.75, 3.05) is 39.3 Å². The predicted octanol–water partition coefficient (Wildman–Crippen LogP) is 1.33. The number of hydrogen-bond acceptors (Lipinski definition) is 3. The first-order chi connectivity index (χ1) is 7.05. The molecule has 92 valence electrons. The molecule has 0 unspecified atom stereocenters. The van der Waals surface area contributed by atoms with Gasteiger partial charge in [0, 0.05) is 26.2 Å². The van der Waals surface area contributed by atoms with E-state index in [1.54, 1.807) is 0 Å². The summed E-state index contributed by atoms with van der Waals surface area (Å²) in [5.74, 6) is 0. The number of hydrogen-bond donors (Lipinski definition) is 2. The van der Waals surface area contributed by atoms with Gasteiger partial charge >= 0.3 is 0 Å². The van der Waals surface area contributed by atoms with Crippen LogP contribution in [0.2, 0.25) is 0 Å². The maximum atomic E-state index is 8.89. The first kappa shape index (κ1) is 14.9. The Morgan fingerprint density at radius 1 is 1.20 bits per heavy atom. The Hall–Kier alpha value is -0.120. The molecular weight excluding hydrogens is 188 g/mol. The zero-order chi connectivity index (χ0) is 11.7. The van der Waals surface area contributed by atoms with Gasteiger partial charge in [0.1, 0.15) is 0 Å². The average Bonchev–Trinajstić information content (AvgIpc) is 2.18. The molecule has 0 fully saturated rings. The van der Waals surface area contributed by atoms with Crippen LogP contribution in [0.15, 0.2) is 0 Å². The normalized spacial score (nSPS) is 12.4. The van der Waals surface area contributed by atoms with Crippen molar-refractivity contribution in [2.45, 2.75) is 34.1 Å². The Kier molecular flexibility index (Phi) is 8.02. The van der Waals surface area contributed by atoms with Gasteiger partial charge in [-0.3, -0.25) is 0 Å². The molecule has 3 nitrogen and oxygen atoms in total. The van der Waals surface area contributed by atoms with Crippen molar-refractivity contribution in [2.24, 2.45) is 5.41 Å². The highest BCUT2D eigenvalue weighted by Crippen LogP contribution is 2.17.